The third-order valence-corrected chi connectivity index (χ3v) is 6.16. The van der Waals surface area contributed by atoms with Crippen LogP contribution in [0.5, 0.6) is 0 Å². The minimum absolute atomic E-state index is 0.0540. The molecule has 2 fully saturated rings. The van der Waals surface area contributed by atoms with Gasteiger partial charge in [-0.3, -0.25) is 0 Å². The van der Waals surface area contributed by atoms with Gasteiger partial charge < -0.3 is 19.3 Å². The summed E-state index contributed by atoms with van der Waals surface area (Å²) in [5.74, 6) is 1.24. The third kappa shape index (κ3) is 3.35. The van der Waals surface area contributed by atoms with Crippen molar-refractivity contribution >= 4 is 0 Å². The van der Waals surface area contributed by atoms with E-state index in [2.05, 4.69) is 41.5 Å². The molecule has 0 radical (unpaired) electrons. The molecular formula is C18H34O4. The van der Waals surface area contributed by atoms with E-state index in [1.54, 1.807) is 0 Å². The van der Waals surface area contributed by atoms with Gasteiger partial charge >= 0.3 is 0 Å². The Morgan fingerprint density at radius 2 is 1.45 bits per heavy atom. The summed E-state index contributed by atoms with van der Waals surface area (Å²) in [5.41, 5.74) is 0. The van der Waals surface area contributed by atoms with Gasteiger partial charge in [0, 0.05) is 5.92 Å². The first kappa shape index (κ1) is 18.2. The Bertz CT molecular complexity index is 359. The van der Waals surface area contributed by atoms with Gasteiger partial charge in [0.25, 0.3) is 0 Å². The summed E-state index contributed by atoms with van der Waals surface area (Å²) in [5, 5.41) is 10.2. The van der Waals surface area contributed by atoms with Gasteiger partial charge in [-0.25, -0.2) is 0 Å². The first-order chi connectivity index (χ1) is 10.3. The molecule has 5 unspecified atom stereocenters. The van der Waals surface area contributed by atoms with Crippen LogP contribution in [0.4, 0.5) is 0 Å². The highest BCUT2D eigenvalue weighted by Gasteiger charge is 2.45. The molecule has 0 saturated carbocycles. The molecular weight excluding hydrogens is 280 g/mol. The molecule has 2 heterocycles. The minimum Gasteiger partial charge on any atom is -0.390 e. The fourth-order valence-electron chi connectivity index (χ4n) is 3.80. The van der Waals surface area contributed by atoms with Gasteiger partial charge in [-0.2, -0.15) is 0 Å². The second kappa shape index (κ2) is 7.16. The topological polar surface area (TPSA) is 47.9 Å². The number of rotatable bonds is 3. The van der Waals surface area contributed by atoms with Gasteiger partial charge in [0.2, 0.25) is 0 Å². The standard InChI is InChI=1S/C18H34O4/c1-8-15-17(11(4)9(2)13(6)20-15)22-18-12(5)10(3)16(19)14(7)21-18/h9-19H,8H2,1-7H3/t9?,10-,11?,12?,13+,14?,15?,16+,17-,18-/m0/s1. The van der Waals surface area contributed by atoms with E-state index in [1.165, 1.54) is 0 Å². The van der Waals surface area contributed by atoms with E-state index in [9.17, 15) is 5.11 Å². The lowest BCUT2D eigenvalue weighted by atomic mass is 9.80. The summed E-state index contributed by atoms with van der Waals surface area (Å²) in [6.07, 6.45) is 0.514. The smallest absolute Gasteiger partial charge is 0.161 e. The van der Waals surface area contributed by atoms with E-state index in [0.29, 0.717) is 11.8 Å². The number of aliphatic hydroxyl groups is 1. The average Bonchev–Trinajstić information content (AvgIpc) is 2.50. The van der Waals surface area contributed by atoms with Crippen LogP contribution in [0.25, 0.3) is 0 Å². The molecule has 130 valence electrons. The highest BCUT2D eigenvalue weighted by Crippen LogP contribution is 2.38. The van der Waals surface area contributed by atoms with Gasteiger partial charge in [-0.05, 0) is 38.0 Å². The summed E-state index contributed by atoms with van der Waals surface area (Å²) in [4.78, 5) is 0. The number of hydrogen-bond donors (Lipinski definition) is 1. The van der Waals surface area contributed by atoms with Crippen LogP contribution in [0.2, 0.25) is 0 Å². The summed E-state index contributed by atoms with van der Waals surface area (Å²) < 4.78 is 18.5. The molecule has 1 N–H and O–H groups in total. The molecule has 0 aromatic rings. The van der Waals surface area contributed by atoms with E-state index < -0.39 is 6.10 Å². The van der Waals surface area contributed by atoms with Gasteiger partial charge in [0.05, 0.1) is 30.5 Å². The Morgan fingerprint density at radius 1 is 0.818 bits per heavy atom. The van der Waals surface area contributed by atoms with Crippen LogP contribution < -0.4 is 0 Å². The van der Waals surface area contributed by atoms with Crippen molar-refractivity contribution in [2.24, 2.45) is 23.7 Å². The molecule has 2 saturated heterocycles. The maximum absolute atomic E-state index is 10.2. The monoisotopic (exact) mass is 314 g/mol. The van der Waals surface area contributed by atoms with Crippen molar-refractivity contribution in [2.45, 2.75) is 91.7 Å². The van der Waals surface area contributed by atoms with E-state index in [1.807, 2.05) is 6.92 Å². The second-order valence-corrected chi connectivity index (χ2v) is 7.53. The van der Waals surface area contributed by atoms with Crippen LogP contribution in [0, 0.1) is 23.7 Å². The zero-order chi connectivity index (χ0) is 16.6. The lowest BCUT2D eigenvalue weighted by Gasteiger charge is -2.48. The fraction of sp³-hybridized carbons (Fsp3) is 1.00. The molecule has 0 bridgehead atoms. The van der Waals surface area contributed by atoms with Crippen LogP contribution in [0.3, 0.4) is 0 Å². The van der Waals surface area contributed by atoms with Crippen molar-refractivity contribution in [3.63, 3.8) is 0 Å². The van der Waals surface area contributed by atoms with Gasteiger partial charge in [-0.1, -0.05) is 34.6 Å². The van der Waals surface area contributed by atoms with E-state index in [-0.39, 0.29) is 42.5 Å². The zero-order valence-electron chi connectivity index (χ0n) is 15.2. The van der Waals surface area contributed by atoms with Crippen molar-refractivity contribution in [3.8, 4) is 0 Å². The average molecular weight is 314 g/mol. The summed E-state index contributed by atoms with van der Waals surface area (Å²) in [6.45, 7) is 14.9. The summed E-state index contributed by atoms with van der Waals surface area (Å²) >= 11 is 0. The first-order valence-corrected chi connectivity index (χ1v) is 8.92. The van der Waals surface area contributed by atoms with Gasteiger partial charge in [0.15, 0.2) is 6.29 Å². The molecule has 4 heteroatoms. The van der Waals surface area contributed by atoms with Crippen molar-refractivity contribution in [3.05, 3.63) is 0 Å². The largest absolute Gasteiger partial charge is 0.390 e. The molecule has 4 nitrogen and oxygen atoms in total. The molecule has 22 heavy (non-hydrogen) atoms. The number of ether oxygens (including phenoxy) is 3. The summed E-state index contributed by atoms with van der Waals surface area (Å²) in [7, 11) is 0. The van der Waals surface area contributed by atoms with E-state index in [0.717, 1.165) is 6.42 Å². The molecule has 2 rings (SSSR count). The lowest BCUT2D eigenvalue weighted by molar-refractivity contribution is -0.304. The van der Waals surface area contributed by atoms with Crippen LogP contribution >= 0.6 is 0 Å². The fourth-order valence-corrected chi connectivity index (χ4v) is 3.80. The van der Waals surface area contributed by atoms with Crippen molar-refractivity contribution in [1.29, 1.82) is 0 Å². The van der Waals surface area contributed by atoms with Crippen molar-refractivity contribution in [2.75, 3.05) is 0 Å². The van der Waals surface area contributed by atoms with E-state index >= 15 is 0 Å². The normalized spacial score (nSPS) is 53.5. The van der Waals surface area contributed by atoms with Crippen molar-refractivity contribution < 1.29 is 19.3 Å². The van der Waals surface area contributed by atoms with Gasteiger partial charge in [0.1, 0.15) is 0 Å². The molecule has 2 aliphatic rings. The molecule has 0 aliphatic carbocycles. The summed E-state index contributed by atoms with van der Waals surface area (Å²) in [6, 6.07) is 0. The Kier molecular flexibility index (Phi) is 5.92. The Labute approximate surface area is 135 Å². The molecule has 10 atom stereocenters. The predicted octanol–water partition coefficient (Wildman–Crippen LogP) is 3.22. The SMILES string of the molecule is CCC1O[C@H](C)C(C)C(C)[C@@H]1O[C@@H]1OC(C)[C@H](O)[C@@H](C)C1C. The van der Waals surface area contributed by atoms with Crippen LogP contribution in [0.1, 0.15) is 54.9 Å². The Morgan fingerprint density at radius 3 is 2.05 bits per heavy atom. The molecule has 2 aliphatic heterocycles. The molecule has 0 amide bonds. The molecule has 0 aromatic heterocycles. The lowest BCUT2D eigenvalue weighted by Crippen LogP contribution is -2.55. The van der Waals surface area contributed by atoms with Crippen molar-refractivity contribution in [1.82, 2.24) is 0 Å². The maximum atomic E-state index is 10.2. The third-order valence-electron chi connectivity index (χ3n) is 6.16. The highest BCUT2D eigenvalue weighted by molar-refractivity contribution is 4.89. The van der Waals surface area contributed by atoms with Crippen LogP contribution in [0.15, 0.2) is 0 Å². The maximum Gasteiger partial charge on any atom is 0.161 e. The zero-order valence-corrected chi connectivity index (χ0v) is 15.2. The van der Waals surface area contributed by atoms with E-state index in [4.69, 9.17) is 14.2 Å². The van der Waals surface area contributed by atoms with Crippen LogP contribution in [-0.4, -0.2) is 41.9 Å². The Hall–Kier alpha value is -0.160. The number of aliphatic hydroxyl groups excluding tert-OH is 1. The van der Waals surface area contributed by atoms with Crippen LogP contribution in [-0.2, 0) is 14.2 Å². The molecule has 0 aromatic carbocycles. The minimum atomic E-state index is -0.421. The predicted molar refractivity (Wildman–Crippen MR) is 86.5 cm³/mol. The second-order valence-electron chi connectivity index (χ2n) is 7.53. The number of hydrogen-bond acceptors (Lipinski definition) is 4. The first-order valence-electron chi connectivity index (χ1n) is 8.92. The van der Waals surface area contributed by atoms with Gasteiger partial charge in [-0.15, -0.1) is 0 Å². The molecule has 0 spiro atoms. The highest BCUT2D eigenvalue weighted by atomic mass is 16.7. The quantitative estimate of drug-likeness (QED) is 0.869. The Balaban J connectivity index is 2.10.